The molecule has 1 saturated heterocycles. The van der Waals surface area contributed by atoms with Crippen molar-refractivity contribution in [2.45, 2.75) is 12.8 Å². The summed E-state index contributed by atoms with van der Waals surface area (Å²) in [6.07, 6.45) is 0.404. The molecule has 0 aliphatic carbocycles. The Hall–Kier alpha value is -2.47. The van der Waals surface area contributed by atoms with Gasteiger partial charge in [0.15, 0.2) is 0 Å². The van der Waals surface area contributed by atoms with Crippen molar-refractivity contribution in [3.8, 4) is 0 Å². The number of carbonyl (C=O) groups excluding carboxylic acids is 3. The average molecular weight is 373 g/mol. The largest absolute Gasteiger partial charge is 0.320 e. The quantitative estimate of drug-likeness (QED) is 0.840. The first-order valence-corrected chi connectivity index (χ1v) is 7.87. The molecule has 5 nitrogen and oxygen atoms in total. The van der Waals surface area contributed by atoms with E-state index in [9.17, 15) is 14.4 Å². The molecule has 23 heavy (non-hydrogen) atoms. The van der Waals surface area contributed by atoms with Gasteiger partial charge in [-0.05, 0) is 36.4 Å². The zero-order valence-electron chi connectivity index (χ0n) is 12.1. The fraction of sp³-hybridized carbons (Fsp3) is 0.118. The maximum atomic E-state index is 12.3. The van der Waals surface area contributed by atoms with E-state index in [1.54, 1.807) is 48.5 Å². The SMILES string of the molecule is O=C(Nc1ccccc1N1C(=O)CCC1=O)c1ccc(Br)cc1. The molecule has 0 unspecified atom stereocenters. The van der Waals surface area contributed by atoms with Gasteiger partial charge >= 0.3 is 0 Å². The first-order valence-electron chi connectivity index (χ1n) is 7.08. The number of hydrogen-bond donors (Lipinski definition) is 1. The molecule has 0 radical (unpaired) electrons. The van der Waals surface area contributed by atoms with Crippen LogP contribution in [0.25, 0.3) is 0 Å². The molecule has 1 aliphatic heterocycles. The van der Waals surface area contributed by atoms with Gasteiger partial charge in [0.1, 0.15) is 0 Å². The summed E-state index contributed by atoms with van der Waals surface area (Å²) in [7, 11) is 0. The smallest absolute Gasteiger partial charge is 0.255 e. The van der Waals surface area contributed by atoms with Crippen LogP contribution in [0.5, 0.6) is 0 Å². The van der Waals surface area contributed by atoms with E-state index in [-0.39, 0.29) is 30.6 Å². The van der Waals surface area contributed by atoms with Gasteiger partial charge in [0.25, 0.3) is 5.91 Å². The summed E-state index contributed by atoms with van der Waals surface area (Å²) in [5.41, 5.74) is 1.33. The maximum absolute atomic E-state index is 12.3. The Morgan fingerprint density at radius 3 is 2.22 bits per heavy atom. The van der Waals surface area contributed by atoms with E-state index in [1.807, 2.05) is 0 Å². The van der Waals surface area contributed by atoms with Crippen LogP contribution in [0.4, 0.5) is 11.4 Å². The molecule has 6 heteroatoms. The second-order valence-corrected chi connectivity index (χ2v) is 6.02. The number of imide groups is 1. The highest BCUT2D eigenvalue weighted by atomic mass is 79.9. The van der Waals surface area contributed by atoms with E-state index >= 15 is 0 Å². The Balaban J connectivity index is 1.89. The van der Waals surface area contributed by atoms with Crippen molar-refractivity contribution in [2.24, 2.45) is 0 Å². The Morgan fingerprint density at radius 2 is 1.57 bits per heavy atom. The number of nitrogens with zero attached hydrogens (tertiary/aromatic N) is 1. The van der Waals surface area contributed by atoms with Crippen LogP contribution in [-0.2, 0) is 9.59 Å². The van der Waals surface area contributed by atoms with Gasteiger partial charge in [0.2, 0.25) is 11.8 Å². The highest BCUT2D eigenvalue weighted by molar-refractivity contribution is 9.10. The minimum atomic E-state index is -0.302. The van der Waals surface area contributed by atoms with Crippen LogP contribution in [0, 0.1) is 0 Å². The molecule has 1 aliphatic rings. The molecule has 3 rings (SSSR count). The van der Waals surface area contributed by atoms with E-state index in [4.69, 9.17) is 0 Å². The number of carbonyl (C=O) groups is 3. The topological polar surface area (TPSA) is 66.5 Å². The second-order valence-electron chi connectivity index (χ2n) is 5.10. The van der Waals surface area contributed by atoms with E-state index < -0.39 is 0 Å². The second kappa shape index (κ2) is 6.34. The summed E-state index contributed by atoms with van der Waals surface area (Å²) in [5.74, 6) is -0.801. The van der Waals surface area contributed by atoms with Crippen molar-refractivity contribution in [2.75, 3.05) is 10.2 Å². The molecule has 1 N–H and O–H groups in total. The van der Waals surface area contributed by atoms with Crippen molar-refractivity contribution in [1.82, 2.24) is 0 Å². The summed E-state index contributed by atoms with van der Waals surface area (Å²) >= 11 is 3.32. The van der Waals surface area contributed by atoms with Crippen molar-refractivity contribution < 1.29 is 14.4 Å². The normalized spacial score (nSPS) is 14.2. The third-order valence-corrected chi connectivity index (χ3v) is 4.08. The van der Waals surface area contributed by atoms with Gasteiger partial charge in [-0.15, -0.1) is 0 Å². The lowest BCUT2D eigenvalue weighted by molar-refractivity contribution is -0.121. The molecule has 3 amide bonds. The third-order valence-electron chi connectivity index (χ3n) is 3.55. The van der Waals surface area contributed by atoms with Crippen LogP contribution < -0.4 is 10.2 Å². The molecule has 0 bridgehead atoms. The number of nitrogens with one attached hydrogen (secondary N) is 1. The summed E-state index contributed by atoms with van der Waals surface area (Å²) < 4.78 is 0.878. The lowest BCUT2D eigenvalue weighted by Gasteiger charge is -2.18. The van der Waals surface area contributed by atoms with Gasteiger partial charge in [-0.3, -0.25) is 14.4 Å². The molecule has 0 saturated carbocycles. The number of halogens is 1. The van der Waals surface area contributed by atoms with E-state index in [0.29, 0.717) is 16.9 Å². The zero-order chi connectivity index (χ0) is 16.4. The molecule has 1 fully saturated rings. The lowest BCUT2D eigenvalue weighted by Crippen LogP contribution is -2.29. The molecular weight excluding hydrogens is 360 g/mol. The number of benzene rings is 2. The van der Waals surface area contributed by atoms with Crippen LogP contribution in [0.15, 0.2) is 53.0 Å². The first-order chi connectivity index (χ1) is 11.1. The molecule has 0 atom stereocenters. The summed E-state index contributed by atoms with van der Waals surface area (Å²) in [6, 6.07) is 13.7. The van der Waals surface area contributed by atoms with Crippen molar-refractivity contribution in [3.05, 3.63) is 58.6 Å². The van der Waals surface area contributed by atoms with E-state index in [1.165, 1.54) is 0 Å². The van der Waals surface area contributed by atoms with Crippen LogP contribution in [-0.4, -0.2) is 17.7 Å². The van der Waals surface area contributed by atoms with E-state index in [0.717, 1.165) is 9.37 Å². The Bertz CT molecular complexity index is 771. The van der Waals surface area contributed by atoms with Gasteiger partial charge in [-0.25, -0.2) is 4.90 Å². The summed E-state index contributed by atoms with van der Waals surface area (Å²) in [4.78, 5) is 37.3. The lowest BCUT2D eigenvalue weighted by atomic mass is 10.2. The number of anilines is 2. The van der Waals surface area contributed by atoms with Gasteiger partial charge in [0, 0.05) is 22.9 Å². The monoisotopic (exact) mass is 372 g/mol. The van der Waals surface area contributed by atoms with Crippen molar-refractivity contribution in [3.63, 3.8) is 0 Å². The summed E-state index contributed by atoms with van der Waals surface area (Å²) in [5, 5.41) is 2.76. The van der Waals surface area contributed by atoms with Crippen LogP contribution in [0.2, 0.25) is 0 Å². The molecule has 0 spiro atoms. The molecule has 116 valence electrons. The third kappa shape index (κ3) is 3.17. The highest BCUT2D eigenvalue weighted by Crippen LogP contribution is 2.30. The molecule has 2 aromatic carbocycles. The fourth-order valence-electron chi connectivity index (χ4n) is 2.42. The predicted molar refractivity (Wildman–Crippen MR) is 90.3 cm³/mol. The average Bonchev–Trinajstić information content (AvgIpc) is 2.87. The molecule has 1 heterocycles. The van der Waals surface area contributed by atoms with Crippen LogP contribution in [0.3, 0.4) is 0 Å². The minimum absolute atomic E-state index is 0.202. The van der Waals surface area contributed by atoms with Gasteiger partial charge in [-0.1, -0.05) is 28.1 Å². The van der Waals surface area contributed by atoms with Crippen molar-refractivity contribution >= 4 is 45.0 Å². The minimum Gasteiger partial charge on any atom is -0.320 e. The van der Waals surface area contributed by atoms with Gasteiger partial charge in [-0.2, -0.15) is 0 Å². The fourth-order valence-corrected chi connectivity index (χ4v) is 2.68. The standard InChI is InChI=1S/C17H13BrN2O3/c18-12-7-5-11(6-8-12)17(23)19-13-3-1-2-4-14(13)20-15(21)9-10-16(20)22/h1-8H,9-10H2,(H,19,23). The van der Waals surface area contributed by atoms with Gasteiger partial charge < -0.3 is 5.32 Å². The first kappa shape index (κ1) is 15.4. The molecule has 2 aromatic rings. The molecule has 0 aromatic heterocycles. The predicted octanol–water partition coefficient (Wildman–Crippen LogP) is 3.35. The summed E-state index contributed by atoms with van der Waals surface area (Å²) in [6.45, 7) is 0. The molecular formula is C17H13BrN2O3. The number of rotatable bonds is 3. The number of hydrogen-bond acceptors (Lipinski definition) is 3. The Morgan fingerprint density at radius 1 is 0.957 bits per heavy atom. The van der Waals surface area contributed by atoms with Crippen LogP contribution in [0.1, 0.15) is 23.2 Å². The highest BCUT2D eigenvalue weighted by Gasteiger charge is 2.31. The van der Waals surface area contributed by atoms with Gasteiger partial charge in [0.05, 0.1) is 11.4 Å². The zero-order valence-corrected chi connectivity index (χ0v) is 13.7. The van der Waals surface area contributed by atoms with E-state index in [2.05, 4.69) is 21.2 Å². The van der Waals surface area contributed by atoms with Crippen LogP contribution >= 0.6 is 15.9 Å². The maximum Gasteiger partial charge on any atom is 0.255 e. The Labute approximate surface area is 141 Å². The number of amides is 3. The Kier molecular flexibility index (Phi) is 4.25. The van der Waals surface area contributed by atoms with Crippen molar-refractivity contribution in [1.29, 1.82) is 0 Å². The number of para-hydroxylation sites is 2.